The van der Waals surface area contributed by atoms with Crippen LogP contribution < -0.4 is 5.32 Å². The number of rotatable bonds is 1. The Hall–Kier alpha value is -1.06. The van der Waals surface area contributed by atoms with E-state index in [4.69, 9.17) is 4.84 Å². The quantitative estimate of drug-likeness (QED) is 0.546. The average Bonchev–Trinajstić information content (AvgIpc) is 2.26. The van der Waals surface area contributed by atoms with Gasteiger partial charge in [0.15, 0.2) is 0 Å². The first-order valence-electron chi connectivity index (χ1n) is 6.22. The third-order valence-electron chi connectivity index (χ3n) is 4.41. The molecule has 0 aromatic carbocycles. The summed E-state index contributed by atoms with van der Waals surface area (Å²) in [6.45, 7) is 0. The van der Waals surface area contributed by atoms with E-state index in [1.165, 1.54) is 32.1 Å². The summed E-state index contributed by atoms with van der Waals surface area (Å²) in [5.41, 5.74) is 1.16. The monoisotopic (exact) mass is 222 g/mol. The number of hydrogen-bond donors (Lipinski definition) is 1. The largest absolute Gasteiger partial charge is 0.433 e. The minimum atomic E-state index is -0.457. The number of oxime groups is 1. The molecule has 0 aliphatic heterocycles. The molecule has 0 aromatic heterocycles. The topological polar surface area (TPSA) is 50.7 Å². The van der Waals surface area contributed by atoms with Crippen LogP contribution in [0.3, 0.4) is 0 Å². The van der Waals surface area contributed by atoms with E-state index in [0.717, 1.165) is 17.5 Å². The summed E-state index contributed by atoms with van der Waals surface area (Å²) < 4.78 is 0. The van der Waals surface area contributed by atoms with Gasteiger partial charge in [-0.2, -0.15) is 0 Å². The molecule has 0 saturated heterocycles. The Labute approximate surface area is 95.4 Å². The maximum absolute atomic E-state index is 11.0. The lowest BCUT2D eigenvalue weighted by molar-refractivity contribution is 0.0984. The van der Waals surface area contributed by atoms with E-state index >= 15 is 0 Å². The Kier molecular flexibility index (Phi) is 2.37. The van der Waals surface area contributed by atoms with Crippen LogP contribution in [-0.4, -0.2) is 18.9 Å². The van der Waals surface area contributed by atoms with Crippen molar-refractivity contribution in [1.29, 1.82) is 0 Å². The maximum atomic E-state index is 11.0. The second-order valence-corrected chi connectivity index (χ2v) is 5.45. The third-order valence-corrected chi connectivity index (χ3v) is 4.41. The van der Waals surface area contributed by atoms with Crippen LogP contribution in [0.2, 0.25) is 0 Å². The van der Waals surface area contributed by atoms with Crippen molar-refractivity contribution in [2.75, 3.05) is 7.05 Å². The van der Waals surface area contributed by atoms with Crippen molar-refractivity contribution >= 4 is 11.8 Å². The first-order valence-corrected chi connectivity index (χ1v) is 6.22. The minimum Gasteiger partial charge on any atom is -0.323 e. The standard InChI is InChI=1S/C12H18N2O2/c1-13-12(15)16-14-11-9-3-7-2-8(5-9)6-10(11)4-7/h7-10H,2-6H2,1H3,(H,13,15). The van der Waals surface area contributed by atoms with Crippen LogP contribution in [0.25, 0.3) is 0 Å². The van der Waals surface area contributed by atoms with E-state index in [1.807, 2.05) is 0 Å². The van der Waals surface area contributed by atoms with Gasteiger partial charge < -0.3 is 5.32 Å². The zero-order valence-corrected chi connectivity index (χ0v) is 9.61. The van der Waals surface area contributed by atoms with Crippen molar-refractivity contribution in [2.24, 2.45) is 28.8 Å². The highest BCUT2D eigenvalue weighted by molar-refractivity contribution is 5.90. The Morgan fingerprint density at radius 1 is 1.19 bits per heavy atom. The van der Waals surface area contributed by atoms with Crippen LogP contribution in [0.1, 0.15) is 32.1 Å². The molecule has 0 unspecified atom stereocenters. The molecular formula is C12H18N2O2. The fourth-order valence-corrected chi connectivity index (χ4v) is 3.96. The van der Waals surface area contributed by atoms with E-state index in [0.29, 0.717) is 11.8 Å². The lowest BCUT2D eigenvalue weighted by Gasteiger charge is -2.49. The Bertz CT molecular complexity index is 308. The Morgan fingerprint density at radius 2 is 1.75 bits per heavy atom. The van der Waals surface area contributed by atoms with Gasteiger partial charge in [0.05, 0.1) is 5.71 Å². The molecule has 4 nitrogen and oxygen atoms in total. The molecule has 1 N–H and O–H groups in total. The molecular weight excluding hydrogens is 204 g/mol. The molecule has 0 heterocycles. The van der Waals surface area contributed by atoms with Crippen LogP contribution >= 0.6 is 0 Å². The molecule has 4 aliphatic carbocycles. The molecule has 4 fully saturated rings. The SMILES string of the molecule is CNC(=O)ON=C1C2CC3CC(C2)CC1C3. The molecule has 88 valence electrons. The van der Waals surface area contributed by atoms with Gasteiger partial charge in [-0.3, -0.25) is 4.84 Å². The summed E-state index contributed by atoms with van der Waals surface area (Å²) in [6, 6.07) is 0. The summed E-state index contributed by atoms with van der Waals surface area (Å²) >= 11 is 0. The fraction of sp³-hybridized carbons (Fsp3) is 0.833. The second-order valence-electron chi connectivity index (χ2n) is 5.45. The van der Waals surface area contributed by atoms with Crippen LogP contribution in [0.4, 0.5) is 4.79 Å². The van der Waals surface area contributed by atoms with E-state index in [1.54, 1.807) is 7.05 Å². The maximum Gasteiger partial charge on any atom is 0.433 e. The van der Waals surface area contributed by atoms with E-state index < -0.39 is 6.09 Å². The first-order chi connectivity index (χ1) is 7.76. The van der Waals surface area contributed by atoms with E-state index in [2.05, 4.69) is 10.5 Å². The summed E-state index contributed by atoms with van der Waals surface area (Å²) in [4.78, 5) is 15.9. The molecule has 0 radical (unpaired) electrons. The summed E-state index contributed by atoms with van der Waals surface area (Å²) in [5.74, 6) is 3.03. The van der Waals surface area contributed by atoms with Crippen molar-refractivity contribution in [1.82, 2.24) is 5.32 Å². The number of nitrogens with zero attached hydrogens (tertiary/aromatic N) is 1. The van der Waals surface area contributed by atoms with Crippen molar-refractivity contribution in [2.45, 2.75) is 32.1 Å². The summed E-state index contributed by atoms with van der Waals surface area (Å²) in [7, 11) is 1.55. The van der Waals surface area contributed by atoms with Crippen molar-refractivity contribution < 1.29 is 9.63 Å². The van der Waals surface area contributed by atoms with Crippen LogP contribution in [-0.2, 0) is 4.84 Å². The van der Waals surface area contributed by atoms with Gasteiger partial charge in [-0.25, -0.2) is 4.79 Å². The lowest BCUT2D eigenvalue weighted by atomic mass is 9.55. The van der Waals surface area contributed by atoms with Crippen LogP contribution in [0.15, 0.2) is 5.16 Å². The number of amides is 1. The Morgan fingerprint density at radius 3 is 2.25 bits per heavy atom. The fourth-order valence-electron chi connectivity index (χ4n) is 3.96. The number of hydrogen-bond acceptors (Lipinski definition) is 3. The lowest BCUT2D eigenvalue weighted by Crippen LogP contribution is -2.45. The molecule has 4 rings (SSSR count). The Balaban J connectivity index is 1.74. The van der Waals surface area contributed by atoms with Crippen molar-refractivity contribution in [3.8, 4) is 0 Å². The first kappa shape index (κ1) is 10.1. The zero-order valence-electron chi connectivity index (χ0n) is 9.61. The highest BCUT2D eigenvalue weighted by Crippen LogP contribution is 2.52. The van der Waals surface area contributed by atoms with E-state index in [-0.39, 0.29) is 0 Å². The average molecular weight is 222 g/mol. The molecule has 4 aliphatic rings. The number of carbonyl (C=O) groups excluding carboxylic acids is 1. The molecule has 1 amide bonds. The van der Waals surface area contributed by atoms with Crippen molar-refractivity contribution in [3.05, 3.63) is 0 Å². The van der Waals surface area contributed by atoms with Gasteiger partial charge in [-0.15, -0.1) is 0 Å². The van der Waals surface area contributed by atoms with Gasteiger partial charge in [-0.05, 0) is 43.9 Å². The smallest absolute Gasteiger partial charge is 0.323 e. The predicted molar refractivity (Wildman–Crippen MR) is 60.0 cm³/mol. The van der Waals surface area contributed by atoms with E-state index in [9.17, 15) is 4.79 Å². The molecule has 0 atom stereocenters. The van der Waals surface area contributed by atoms with Gasteiger partial charge in [0.25, 0.3) is 0 Å². The van der Waals surface area contributed by atoms with Crippen LogP contribution in [0, 0.1) is 23.7 Å². The molecule has 0 spiro atoms. The van der Waals surface area contributed by atoms with Gasteiger partial charge in [0.1, 0.15) is 0 Å². The summed E-state index contributed by atoms with van der Waals surface area (Å²) in [5, 5.41) is 6.52. The predicted octanol–water partition coefficient (Wildman–Crippen LogP) is 2.15. The summed E-state index contributed by atoms with van der Waals surface area (Å²) in [6.07, 6.45) is 6.04. The molecule has 4 heteroatoms. The molecule has 16 heavy (non-hydrogen) atoms. The van der Waals surface area contributed by atoms with Gasteiger partial charge >= 0.3 is 6.09 Å². The number of carbonyl (C=O) groups is 1. The normalized spacial score (nSPS) is 39.7. The second kappa shape index (κ2) is 3.75. The highest BCUT2D eigenvalue weighted by atomic mass is 16.7. The van der Waals surface area contributed by atoms with Crippen LogP contribution in [0.5, 0.6) is 0 Å². The molecule has 0 aromatic rings. The van der Waals surface area contributed by atoms with Gasteiger partial charge in [-0.1, -0.05) is 5.16 Å². The zero-order chi connectivity index (χ0) is 11.1. The number of nitrogens with one attached hydrogen (secondary N) is 1. The van der Waals surface area contributed by atoms with Crippen molar-refractivity contribution in [3.63, 3.8) is 0 Å². The van der Waals surface area contributed by atoms with Gasteiger partial charge in [0, 0.05) is 18.9 Å². The third kappa shape index (κ3) is 1.60. The molecule has 4 bridgehead atoms. The highest BCUT2D eigenvalue weighted by Gasteiger charge is 2.46. The molecule has 4 saturated carbocycles. The van der Waals surface area contributed by atoms with Gasteiger partial charge in [0.2, 0.25) is 0 Å². The minimum absolute atomic E-state index is 0.457.